The average molecular weight is 545 g/mol. The van der Waals surface area contributed by atoms with E-state index < -0.39 is 0 Å². The zero-order chi connectivity index (χ0) is 28.1. The van der Waals surface area contributed by atoms with Crippen LogP contribution in [0.4, 0.5) is 23.4 Å². The number of ketones is 1. The molecule has 0 radical (unpaired) electrons. The molecule has 0 amide bonds. The Bertz CT molecular complexity index is 1290. The number of ether oxygens (including phenoxy) is 1. The van der Waals surface area contributed by atoms with E-state index in [1.54, 1.807) is 12.4 Å². The summed E-state index contributed by atoms with van der Waals surface area (Å²) in [5.74, 6) is 2.11. The van der Waals surface area contributed by atoms with Gasteiger partial charge in [-0.15, -0.1) is 0 Å². The first kappa shape index (κ1) is 27.9. The van der Waals surface area contributed by atoms with Crippen molar-refractivity contribution in [2.45, 2.75) is 39.0 Å². The summed E-state index contributed by atoms with van der Waals surface area (Å²) in [5, 5.41) is 0. The molecule has 2 aliphatic rings. The molecule has 1 aromatic carbocycles. The van der Waals surface area contributed by atoms with Crippen molar-refractivity contribution >= 4 is 29.2 Å². The number of fused-ring (bicyclic) bond motifs is 1. The number of nitrogens with two attached hydrogens (primary N) is 1. The van der Waals surface area contributed by atoms with Gasteiger partial charge in [0, 0.05) is 60.3 Å². The van der Waals surface area contributed by atoms with E-state index in [-0.39, 0.29) is 17.6 Å². The summed E-state index contributed by atoms with van der Waals surface area (Å²) in [6, 6.07) is 8.05. The number of rotatable bonds is 11. The number of nitrogen functional groups attached to an aromatic ring is 1. The number of carbonyl (C=O) groups is 1. The number of carbonyl (C=O) groups excluding carboxylic acids is 1. The maximum atomic E-state index is 13.4. The molecule has 40 heavy (non-hydrogen) atoms. The van der Waals surface area contributed by atoms with E-state index in [1.807, 2.05) is 24.3 Å². The van der Waals surface area contributed by atoms with Gasteiger partial charge in [0.1, 0.15) is 5.82 Å². The summed E-state index contributed by atoms with van der Waals surface area (Å²) < 4.78 is 5.56. The highest BCUT2D eigenvalue weighted by atomic mass is 16.5. The number of morpholine rings is 1. The number of hydrogen-bond acceptors (Lipinski definition) is 10. The van der Waals surface area contributed by atoms with E-state index in [4.69, 9.17) is 20.4 Å². The molecule has 0 unspecified atom stereocenters. The Kier molecular flexibility index (Phi) is 8.86. The fourth-order valence-corrected chi connectivity index (χ4v) is 5.55. The number of nitrogens with zero attached hydrogens (tertiary/aromatic N) is 7. The quantitative estimate of drug-likeness (QED) is 0.356. The van der Waals surface area contributed by atoms with Crippen LogP contribution < -0.4 is 15.5 Å². The lowest BCUT2D eigenvalue weighted by molar-refractivity contribution is 0.0902. The molecule has 3 aromatic rings. The second kappa shape index (κ2) is 12.7. The second-order valence-corrected chi connectivity index (χ2v) is 10.8. The summed E-state index contributed by atoms with van der Waals surface area (Å²) in [4.78, 5) is 38.4. The molecule has 10 heteroatoms. The predicted molar refractivity (Wildman–Crippen MR) is 158 cm³/mol. The van der Waals surface area contributed by atoms with Crippen LogP contribution in [0.25, 0.3) is 11.3 Å². The predicted octanol–water partition coefficient (Wildman–Crippen LogP) is 3.99. The zero-order valence-corrected chi connectivity index (χ0v) is 23.8. The highest BCUT2D eigenvalue weighted by molar-refractivity contribution is 5.98. The third kappa shape index (κ3) is 6.23. The normalized spacial score (nSPS) is 15.9. The van der Waals surface area contributed by atoms with Gasteiger partial charge in [-0.2, -0.15) is 4.98 Å². The summed E-state index contributed by atoms with van der Waals surface area (Å²) in [5.41, 5.74) is 10.3. The fraction of sp³-hybridized carbons (Fsp3) is 0.500. The molecule has 2 aliphatic heterocycles. The number of hydrogen-bond donors (Lipinski definition) is 1. The molecule has 1 atom stereocenters. The summed E-state index contributed by atoms with van der Waals surface area (Å²) in [6.07, 6.45) is 8.12. The van der Waals surface area contributed by atoms with E-state index in [2.05, 4.69) is 45.7 Å². The van der Waals surface area contributed by atoms with Crippen LogP contribution in [0.3, 0.4) is 0 Å². The summed E-state index contributed by atoms with van der Waals surface area (Å²) in [7, 11) is 4.15. The van der Waals surface area contributed by atoms with Crippen molar-refractivity contribution in [3.63, 3.8) is 0 Å². The van der Waals surface area contributed by atoms with E-state index in [1.165, 1.54) is 0 Å². The average Bonchev–Trinajstić information content (AvgIpc) is 3.41. The van der Waals surface area contributed by atoms with Crippen molar-refractivity contribution in [1.82, 2.24) is 24.8 Å². The van der Waals surface area contributed by atoms with Crippen LogP contribution in [0.15, 0.2) is 36.7 Å². The maximum absolute atomic E-state index is 13.4. The van der Waals surface area contributed by atoms with Crippen molar-refractivity contribution in [3.05, 3.63) is 47.8 Å². The number of Topliss-reactive ketones (excluding diaryl/α,β-unsaturated/α-hetero) is 1. The molecule has 2 N–H and O–H groups in total. The zero-order valence-electron chi connectivity index (χ0n) is 23.8. The SMILES string of the molecule is CCC[C@@H](CCCN(C)C)C(=O)c1ccc(N2CCc3c(-c4cnc(N)nc4)nc(N4CCOCC4)nc32)cc1. The second-order valence-electron chi connectivity index (χ2n) is 10.8. The topological polar surface area (TPSA) is 114 Å². The van der Waals surface area contributed by atoms with Gasteiger partial charge in [0.25, 0.3) is 0 Å². The van der Waals surface area contributed by atoms with Crippen molar-refractivity contribution in [2.75, 3.05) is 69.0 Å². The molecule has 1 fully saturated rings. The van der Waals surface area contributed by atoms with E-state index in [0.717, 1.165) is 92.2 Å². The molecule has 0 saturated carbocycles. The van der Waals surface area contributed by atoms with Crippen molar-refractivity contribution in [2.24, 2.45) is 5.92 Å². The molecular formula is C30H40N8O2. The molecule has 4 heterocycles. The van der Waals surface area contributed by atoms with Gasteiger partial charge in [0.05, 0.1) is 18.9 Å². The van der Waals surface area contributed by atoms with Gasteiger partial charge in [-0.25, -0.2) is 15.0 Å². The molecule has 212 valence electrons. The maximum Gasteiger partial charge on any atom is 0.228 e. The van der Waals surface area contributed by atoms with Crippen LogP contribution in [-0.2, 0) is 11.2 Å². The van der Waals surface area contributed by atoms with Crippen LogP contribution in [0.2, 0.25) is 0 Å². The molecule has 5 rings (SSSR count). The van der Waals surface area contributed by atoms with Crippen LogP contribution in [0.1, 0.15) is 48.5 Å². The van der Waals surface area contributed by atoms with Crippen molar-refractivity contribution < 1.29 is 9.53 Å². The third-order valence-corrected chi connectivity index (χ3v) is 7.68. The highest BCUT2D eigenvalue weighted by Crippen LogP contribution is 2.39. The molecule has 1 saturated heterocycles. The smallest absolute Gasteiger partial charge is 0.228 e. The molecule has 2 aromatic heterocycles. The molecule has 0 aliphatic carbocycles. The van der Waals surface area contributed by atoms with Gasteiger partial charge in [0.2, 0.25) is 11.9 Å². The first-order chi connectivity index (χ1) is 19.4. The van der Waals surface area contributed by atoms with Gasteiger partial charge in [-0.05, 0) is 70.6 Å². The molecule has 0 spiro atoms. The van der Waals surface area contributed by atoms with Crippen LogP contribution in [0.5, 0.6) is 0 Å². The standard InChI is InChI=1S/C30H40N8O2/c1-4-6-21(7-5-13-36(2)3)27(39)22-8-10-24(11-9-22)38-14-12-25-26(23-19-32-29(31)33-20-23)34-30(35-28(25)38)37-15-17-40-18-16-37/h8-11,19-21H,4-7,12-18H2,1-3H3,(H2,31,32,33)/t21-/m0/s1. The Labute approximate surface area is 236 Å². The fourth-order valence-electron chi connectivity index (χ4n) is 5.55. The summed E-state index contributed by atoms with van der Waals surface area (Å²) in [6.45, 7) is 6.69. The van der Waals surface area contributed by atoms with E-state index in [9.17, 15) is 4.79 Å². The van der Waals surface area contributed by atoms with Gasteiger partial charge in [-0.1, -0.05) is 13.3 Å². The Morgan fingerprint density at radius 2 is 1.77 bits per heavy atom. The van der Waals surface area contributed by atoms with Gasteiger partial charge in [0.15, 0.2) is 5.78 Å². The monoisotopic (exact) mass is 544 g/mol. The lowest BCUT2D eigenvalue weighted by Gasteiger charge is -2.28. The Morgan fingerprint density at radius 3 is 2.45 bits per heavy atom. The number of benzene rings is 1. The largest absolute Gasteiger partial charge is 0.378 e. The molecule has 10 nitrogen and oxygen atoms in total. The Hall–Kier alpha value is -3.63. The number of anilines is 4. The highest BCUT2D eigenvalue weighted by Gasteiger charge is 2.29. The minimum atomic E-state index is 0.0665. The lowest BCUT2D eigenvalue weighted by Crippen LogP contribution is -2.37. The van der Waals surface area contributed by atoms with Crippen LogP contribution in [-0.4, -0.2) is 84.1 Å². The van der Waals surface area contributed by atoms with Crippen LogP contribution >= 0.6 is 0 Å². The van der Waals surface area contributed by atoms with Gasteiger partial charge >= 0.3 is 0 Å². The van der Waals surface area contributed by atoms with Gasteiger partial charge < -0.3 is 25.2 Å². The minimum Gasteiger partial charge on any atom is -0.378 e. The first-order valence-corrected chi connectivity index (χ1v) is 14.3. The molecule has 0 bridgehead atoms. The number of aromatic nitrogens is 4. The Balaban J connectivity index is 1.42. The summed E-state index contributed by atoms with van der Waals surface area (Å²) >= 11 is 0. The van der Waals surface area contributed by atoms with Crippen molar-refractivity contribution in [1.29, 1.82) is 0 Å². The van der Waals surface area contributed by atoms with Crippen molar-refractivity contribution in [3.8, 4) is 11.3 Å². The lowest BCUT2D eigenvalue weighted by atomic mass is 9.89. The van der Waals surface area contributed by atoms with E-state index >= 15 is 0 Å². The third-order valence-electron chi connectivity index (χ3n) is 7.68. The first-order valence-electron chi connectivity index (χ1n) is 14.3. The van der Waals surface area contributed by atoms with Crippen LogP contribution in [0, 0.1) is 5.92 Å². The van der Waals surface area contributed by atoms with Gasteiger partial charge in [-0.3, -0.25) is 4.79 Å². The Morgan fingerprint density at radius 1 is 1.05 bits per heavy atom. The molecular weight excluding hydrogens is 504 g/mol. The minimum absolute atomic E-state index is 0.0665. The van der Waals surface area contributed by atoms with E-state index in [0.29, 0.717) is 19.2 Å².